The molecule has 9 nitrogen and oxygen atoms in total. The normalized spacial score (nSPS) is 11.4. The third-order valence-corrected chi connectivity index (χ3v) is 3.12. The van der Waals surface area contributed by atoms with Crippen LogP contribution >= 0.6 is 0 Å². The number of carbonyl (C=O) groups is 1. The van der Waals surface area contributed by atoms with Crippen molar-refractivity contribution in [2.75, 3.05) is 5.32 Å². The Morgan fingerprint density at radius 2 is 1.88 bits per heavy atom. The third-order valence-electron chi connectivity index (χ3n) is 3.12. The van der Waals surface area contributed by atoms with Crippen LogP contribution < -0.4 is 10.1 Å². The van der Waals surface area contributed by atoms with E-state index in [-0.39, 0.29) is 11.4 Å². The monoisotopic (exact) mass is 349 g/mol. The molecule has 1 amide bonds. The molecule has 0 saturated carbocycles. The summed E-state index contributed by atoms with van der Waals surface area (Å²) < 4.78 is 18.4. The van der Waals surface area contributed by atoms with E-state index in [1.54, 1.807) is 0 Å². The molecule has 0 saturated heterocycles. The Labute approximate surface area is 140 Å². The van der Waals surface area contributed by atoms with E-state index < -0.39 is 39.1 Å². The SMILES string of the molecule is CC(Oc1cc(F)ccc1[N+](=O)[O-])C(=O)Nc1cccc([N+](=O)[O-])c1. The fourth-order valence-corrected chi connectivity index (χ4v) is 1.92. The molecule has 0 radical (unpaired) electrons. The smallest absolute Gasteiger partial charge is 0.311 e. The van der Waals surface area contributed by atoms with Gasteiger partial charge in [0, 0.05) is 30.0 Å². The Morgan fingerprint density at radius 3 is 2.52 bits per heavy atom. The Bertz CT molecular complexity index is 842. The van der Waals surface area contributed by atoms with Crippen molar-refractivity contribution < 1.29 is 23.8 Å². The molecular formula is C15H12FN3O6. The molecule has 1 atom stereocenters. The van der Waals surface area contributed by atoms with Gasteiger partial charge in [0.05, 0.1) is 9.85 Å². The molecule has 0 spiro atoms. The lowest BCUT2D eigenvalue weighted by atomic mass is 10.2. The molecule has 25 heavy (non-hydrogen) atoms. The number of nitro benzene ring substituents is 2. The summed E-state index contributed by atoms with van der Waals surface area (Å²) in [5.74, 6) is -1.86. The average molecular weight is 349 g/mol. The number of nitrogens with zero attached hydrogens (tertiary/aromatic N) is 2. The number of carbonyl (C=O) groups excluding carboxylic acids is 1. The van der Waals surface area contributed by atoms with Gasteiger partial charge in [0.25, 0.3) is 11.6 Å². The molecule has 2 rings (SSSR count). The van der Waals surface area contributed by atoms with Crippen LogP contribution in [0.2, 0.25) is 0 Å². The van der Waals surface area contributed by atoms with E-state index >= 15 is 0 Å². The Morgan fingerprint density at radius 1 is 1.16 bits per heavy atom. The zero-order valence-corrected chi connectivity index (χ0v) is 12.8. The topological polar surface area (TPSA) is 125 Å². The highest BCUT2D eigenvalue weighted by molar-refractivity contribution is 5.94. The molecule has 130 valence electrons. The quantitative estimate of drug-likeness (QED) is 0.631. The summed E-state index contributed by atoms with van der Waals surface area (Å²) in [6.07, 6.45) is -1.21. The van der Waals surface area contributed by atoms with Crippen molar-refractivity contribution in [2.45, 2.75) is 13.0 Å². The van der Waals surface area contributed by atoms with Gasteiger partial charge in [0.2, 0.25) is 5.75 Å². The molecule has 1 N–H and O–H groups in total. The second-order valence-electron chi connectivity index (χ2n) is 4.93. The average Bonchev–Trinajstić information content (AvgIpc) is 2.54. The first-order valence-corrected chi connectivity index (χ1v) is 6.94. The first kappa shape index (κ1) is 17.8. The minimum absolute atomic E-state index is 0.156. The summed E-state index contributed by atoms with van der Waals surface area (Å²) in [6, 6.07) is 7.85. The molecule has 0 bridgehead atoms. The van der Waals surface area contributed by atoms with E-state index in [2.05, 4.69) is 5.32 Å². The maximum absolute atomic E-state index is 13.3. The van der Waals surface area contributed by atoms with E-state index in [4.69, 9.17) is 4.74 Å². The highest BCUT2D eigenvalue weighted by Crippen LogP contribution is 2.28. The summed E-state index contributed by atoms with van der Waals surface area (Å²) in [5.41, 5.74) is -0.549. The largest absolute Gasteiger partial charge is 0.474 e. The minimum Gasteiger partial charge on any atom is -0.474 e. The van der Waals surface area contributed by atoms with Crippen molar-refractivity contribution in [2.24, 2.45) is 0 Å². The highest BCUT2D eigenvalue weighted by atomic mass is 19.1. The van der Waals surface area contributed by atoms with Crippen molar-refractivity contribution in [3.8, 4) is 5.75 Å². The van der Waals surface area contributed by atoms with Crippen molar-refractivity contribution in [1.29, 1.82) is 0 Å². The van der Waals surface area contributed by atoms with E-state index in [1.165, 1.54) is 25.1 Å². The number of amides is 1. The lowest BCUT2D eigenvalue weighted by Gasteiger charge is -2.14. The predicted octanol–water partition coefficient (Wildman–Crippen LogP) is 3.05. The van der Waals surface area contributed by atoms with Gasteiger partial charge in [-0.2, -0.15) is 0 Å². The van der Waals surface area contributed by atoms with Gasteiger partial charge in [0.15, 0.2) is 6.10 Å². The van der Waals surface area contributed by atoms with E-state index in [1.807, 2.05) is 0 Å². The van der Waals surface area contributed by atoms with Crippen molar-refractivity contribution >= 4 is 23.0 Å². The second-order valence-corrected chi connectivity index (χ2v) is 4.93. The summed E-state index contributed by atoms with van der Waals surface area (Å²) >= 11 is 0. The molecule has 0 aliphatic carbocycles. The third kappa shape index (κ3) is 4.47. The number of hydrogen-bond acceptors (Lipinski definition) is 6. The van der Waals surface area contributed by atoms with Crippen LogP contribution in [0.25, 0.3) is 0 Å². The molecule has 1 unspecified atom stereocenters. The highest BCUT2D eigenvalue weighted by Gasteiger charge is 2.22. The van der Waals surface area contributed by atoms with Gasteiger partial charge in [-0.25, -0.2) is 4.39 Å². The van der Waals surface area contributed by atoms with Crippen LogP contribution in [0.5, 0.6) is 5.75 Å². The lowest BCUT2D eigenvalue weighted by molar-refractivity contribution is -0.386. The van der Waals surface area contributed by atoms with Crippen LogP contribution in [0.3, 0.4) is 0 Å². The maximum atomic E-state index is 13.3. The van der Waals surface area contributed by atoms with Crippen molar-refractivity contribution in [3.63, 3.8) is 0 Å². The van der Waals surface area contributed by atoms with Gasteiger partial charge in [0.1, 0.15) is 5.82 Å². The number of nitrogens with one attached hydrogen (secondary N) is 1. The number of non-ortho nitro benzene ring substituents is 1. The number of anilines is 1. The van der Waals surface area contributed by atoms with E-state index in [0.717, 1.165) is 24.3 Å². The standard InChI is InChI=1S/C15H12FN3O6/c1-9(25-14-7-10(16)5-6-13(14)19(23)24)15(20)17-11-3-2-4-12(8-11)18(21)22/h2-9H,1H3,(H,17,20). The molecule has 0 fully saturated rings. The summed E-state index contributed by atoms with van der Waals surface area (Å²) in [5, 5.41) is 24.0. The number of hydrogen-bond donors (Lipinski definition) is 1. The first-order valence-electron chi connectivity index (χ1n) is 6.94. The number of nitro groups is 2. The van der Waals surface area contributed by atoms with Gasteiger partial charge >= 0.3 is 5.69 Å². The summed E-state index contributed by atoms with van der Waals surface area (Å²) in [6.45, 7) is 1.31. The summed E-state index contributed by atoms with van der Waals surface area (Å²) in [4.78, 5) is 32.3. The minimum atomic E-state index is -1.21. The van der Waals surface area contributed by atoms with Crippen LogP contribution in [0.4, 0.5) is 21.5 Å². The van der Waals surface area contributed by atoms with Crippen molar-refractivity contribution in [3.05, 3.63) is 68.5 Å². The molecule has 0 aromatic heterocycles. The Kier molecular flexibility index (Phi) is 5.22. The van der Waals surface area contributed by atoms with Gasteiger partial charge in [-0.05, 0) is 19.1 Å². The molecule has 2 aromatic carbocycles. The second kappa shape index (κ2) is 7.34. The zero-order valence-electron chi connectivity index (χ0n) is 12.8. The van der Waals surface area contributed by atoms with Crippen LogP contribution in [-0.4, -0.2) is 21.9 Å². The Hall–Kier alpha value is -3.56. The zero-order chi connectivity index (χ0) is 18.6. The first-order chi connectivity index (χ1) is 11.8. The number of ether oxygens (including phenoxy) is 1. The van der Waals surface area contributed by atoms with Crippen LogP contribution in [0.1, 0.15) is 6.92 Å². The fourth-order valence-electron chi connectivity index (χ4n) is 1.92. The number of halogens is 1. The Balaban J connectivity index is 2.13. The fraction of sp³-hybridized carbons (Fsp3) is 0.133. The van der Waals surface area contributed by atoms with Gasteiger partial charge in [-0.1, -0.05) is 6.07 Å². The molecule has 2 aromatic rings. The van der Waals surface area contributed by atoms with Crippen molar-refractivity contribution in [1.82, 2.24) is 0 Å². The maximum Gasteiger partial charge on any atom is 0.311 e. The molecule has 10 heteroatoms. The van der Waals surface area contributed by atoms with Crippen LogP contribution in [0, 0.1) is 26.0 Å². The van der Waals surface area contributed by atoms with Gasteiger partial charge in [-0.15, -0.1) is 0 Å². The van der Waals surface area contributed by atoms with Gasteiger partial charge in [-0.3, -0.25) is 25.0 Å². The number of rotatable bonds is 6. The molecule has 0 heterocycles. The number of benzene rings is 2. The van der Waals surface area contributed by atoms with Crippen LogP contribution in [-0.2, 0) is 4.79 Å². The molecular weight excluding hydrogens is 337 g/mol. The van der Waals surface area contributed by atoms with E-state index in [0.29, 0.717) is 0 Å². The summed E-state index contributed by atoms with van der Waals surface area (Å²) in [7, 11) is 0. The van der Waals surface area contributed by atoms with Gasteiger partial charge < -0.3 is 10.1 Å². The van der Waals surface area contributed by atoms with Crippen LogP contribution in [0.15, 0.2) is 42.5 Å². The lowest BCUT2D eigenvalue weighted by Crippen LogP contribution is -2.30. The van der Waals surface area contributed by atoms with E-state index in [9.17, 15) is 29.4 Å². The molecule has 0 aliphatic rings. The predicted molar refractivity (Wildman–Crippen MR) is 84.9 cm³/mol. The molecule has 0 aliphatic heterocycles.